The van der Waals surface area contributed by atoms with E-state index < -0.39 is 0 Å². The number of nitrogens with zero attached hydrogens (tertiary/aromatic N) is 3. The summed E-state index contributed by atoms with van der Waals surface area (Å²) in [5, 5.41) is 15.1. The number of amides is 2. The Balaban J connectivity index is 1.56. The van der Waals surface area contributed by atoms with Gasteiger partial charge in [-0.25, -0.2) is 9.78 Å². The molecule has 1 saturated heterocycles. The summed E-state index contributed by atoms with van der Waals surface area (Å²) >= 11 is 1.64. The van der Waals surface area contributed by atoms with Gasteiger partial charge in [0.25, 0.3) is 0 Å². The molecule has 0 saturated carbocycles. The Kier molecular flexibility index (Phi) is 4.96. The van der Waals surface area contributed by atoms with E-state index in [0.29, 0.717) is 30.3 Å². The molecule has 0 aliphatic carbocycles. The molecule has 1 atom stereocenters. The van der Waals surface area contributed by atoms with Crippen molar-refractivity contribution in [3.05, 3.63) is 45.9 Å². The van der Waals surface area contributed by atoms with E-state index in [9.17, 15) is 4.79 Å². The highest BCUT2D eigenvalue weighted by molar-refractivity contribution is 7.09. The Labute approximate surface area is 144 Å². The lowest BCUT2D eigenvalue weighted by Crippen LogP contribution is -2.37. The first kappa shape index (κ1) is 16.3. The number of nitriles is 1. The molecule has 1 aliphatic rings. The van der Waals surface area contributed by atoms with Crippen molar-refractivity contribution in [1.29, 1.82) is 5.26 Å². The molecule has 0 bridgehead atoms. The van der Waals surface area contributed by atoms with Crippen molar-refractivity contribution in [3.63, 3.8) is 0 Å². The fourth-order valence-electron chi connectivity index (χ4n) is 2.82. The van der Waals surface area contributed by atoms with Gasteiger partial charge in [-0.2, -0.15) is 5.26 Å². The summed E-state index contributed by atoms with van der Waals surface area (Å²) in [7, 11) is 1.53. The van der Waals surface area contributed by atoms with Crippen LogP contribution in [-0.4, -0.2) is 36.1 Å². The maximum absolute atomic E-state index is 12.3. The number of nitrogens with one attached hydrogen (secondary N) is 1. The quantitative estimate of drug-likeness (QED) is 0.927. The first-order valence-electron chi connectivity index (χ1n) is 7.70. The van der Waals surface area contributed by atoms with E-state index in [1.807, 2.05) is 16.3 Å². The molecule has 2 aromatic rings. The fourth-order valence-corrected chi connectivity index (χ4v) is 3.59. The molecule has 6 nitrogen and oxygen atoms in total. The van der Waals surface area contributed by atoms with Crippen molar-refractivity contribution in [3.8, 4) is 11.8 Å². The van der Waals surface area contributed by atoms with Crippen LogP contribution in [-0.2, 0) is 6.54 Å². The molecule has 1 unspecified atom stereocenters. The van der Waals surface area contributed by atoms with Crippen LogP contribution < -0.4 is 10.1 Å². The number of likely N-dealkylation sites (tertiary alicyclic amines) is 1. The van der Waals surface area contributed by atoms with Crippen LogP contribution in [0.1, 0.15) is 28.5 Å². The number of thiazole rings is 1. The summed E-state index contributed by atoms with van der Waals surface area (Å²) in [5.74, 6) is 0.875. The van der Waals surface area contributed by atoms with E-state index in [2.05, 4.69) is 16.4 Å². The highest BCUT2D eigenvalue weighted by atomic mass is 32.1. The molecule has 2 heterocycles. The average Bonchev–Trinajstić information content (AvgIpc) is 3.30. The van der Waals surface area contributed by atoms with Gasteiger partial charge in [0, 0.05) is 37.1 Å². The minimum absolute atomic E-state index is 0.0802. The van der Waals surface area contributed by atoms with Gasteiger partial charge in [-0.1, -0.05) is 6.07 Å². The van der Waals surface area contributed by atoms with Crippen LogP contribution in [0, 0.1) is 11.3 Å². The van der Waals surface area contributed by atoms with Crippen LogP contribution in [0.4, 0.5) is 4.79 Å². The van der Waals surface area contributed by atoms with Gasteiger partial charge in [0.05, 0.1) is 17.7 Å². The minimum Gasteiger partial charge on any atom is -0.495 e. The summed E-state index contributed by atoms with van der Waals surface area (Å²) in [6, 6.07) is 7.35. The zero-order valence-corrected chi connectivity index (χ0v) is 14.2. The molecule has 124 valence electrons. The van der Waals surface area contributed by atoms with Crippen LogP contribution in [0.2, 0.25) is 0 Å². The van der Waals surface area contributed by atoms with Crippen molar-refractivity contribution in [2.24, 2.45) is 0 Å². The van der Waals surface area contributed by atoms with Gasteiger partial charge in [-0.3, -0.25) is 0 Å². The number of urea groups is 1. The van der Waals surface area contributed by atoms with E-state index in [4.69, 9.17) is 10.00 Å². The number of hydrogen-bond donors (Lipinski definition) is 1. The lowest BCUT2D eigenvalue weighted by molar-refractivity contribution is 0.208. The standard InChI is InChI=1S/C17H18N4O2S/c1-23-15-3-2-12(8-14(15)9-18)10-20-17(22)21-6-4-13(11-21)16-19-5-7-24-16/h2-3,5,7-8,13H,4,6,10-11H2,1H3,(H,20,22). The molecule has 24 heavy (non-hydrogen) atoms. The van der Waals surface area contributed by atoms with Gasteiger partial charge >= 0.3 is 6.03 Å². The highest BCUT2D eigenvalue weighted by Gasteiger charge is 2.28. The van der Waals surface area contributed by atoms with Crippen molar-refractivity contribution in [1.82, 2.24) is 15.2 Å². The van der Waals surface area contributed by atoms with Crippen LogP contribution in [0.5, 0.6) is 5.75 Å². The highest BCUT2D eigenvalue weighted by Crippen LogP contribution is 2.28. The number of benzene rings is 1. The molecule has 1 fully saturated rings. The second-order valence-corrected chi connectivity index (χ2v) is 6.53. The fraction of sp³-hybridized carbons (Fsp3) is 0.353. The van der Waals surface area contributed by atoms with Gasteiger partial charge in [-0.05, 0) is 24.1 Å². The predicted octanol–water partition coefficient (Wildman–Crippen LogP) is 2.72. The number of carbonyl (C=O) groups is 1. The smallest absolute Gasteiger partial charge is 0.317 e. The number of methoxy groups -OCH3 is 1. The zero-order valence-electron chi connectivity index (χ0n) is 13.4. The van der Waals surface area contributed by atoms with Gasteiger partial charge < -0.3 is 15.0 Å². The molecular formula is C17H18N4O2S. The van der Waals surface area contributed by atoms with Crippen LogP contribution in [0.25, 0.3) is 0 Å². The van der Waals surface area contributed by atoms with Crippen LogP contribution in [0.3, 0.4) is 0 Å². The third-order valence-corrected chi connectivity index (χ3v) is 5.04. The summed E-state index contributed by atoms with van der Waals surface area (Å²) in [5.41, 5.74) is 1.34. The summed E-state index contributed by atoms with van der Waals surface area (Å²) < 4.78 is 5.12. The van der Waals surface area contributed by atoms with E-state index in [1.165, 1.54) is 7.11 Å². The van der Waals surface area contributed by atoms with Crippen LogP contribution in [0.15, 0.2) is 29.8 Å². The Hall–Kier alpha value is -2.59. The molecule has 1 aromatic heterocycles. The average molecular weight is 342 g/mol. The maximum atomic E-state index is 12.3. The topological polar surface area (TPSA) is 78.2 Å². The maximum Gasteiger partial charge on any atom is 0.317 e. The minimum atomic E-state index is -0.0802. The summed E-state index contributed by atoms with van der Waals surface area (Å²) in [6.45, 7) is 1.82. The number of hydrogen-bond acceptors (Lipinski definition) is 5. The first-order chi connectivity index (χ1) is 11.7. The molecule has 1 aliphatic heterocycles. The number of aromatic nitrogens is 1. The summed E-state index contributed by atoms with van der Waals surface area (Å²) in [6.07, 6.45) is 2.75. The molecule has 2 amide bonds. The zero-order chi connectivity index (χ0) is 16.9. The van der Waals surface area contributed by atoms with Crippen molar-refractivity contribution >= 4 is 17.4 Å². The van der Waals surface area contributed by atoms with Crippen molar-refractivity contribution in [2.75, 3.05) is 20.2 Å². The van der Waals surface area contributed by atoms with Crippen LogP contribution >= 0.6 is 11.3 Å². The van der Waals surface area contributed by atoms with Gasteiger partial charge in [0.15, 0.2) is 0 Å². The van der Waals surface area contributed by atoms with Crippen molar-refractivity contribution < 1.29 is 9.53 Å². The van der Waals surface area contributed by atoms with E-state index in [1.54, 1.807) is 29.7 Å². The Morgan fingerprint density at radius 1 is 1.58 bits per heavy atom. The number of ether oxygens (including phenoxy) is 1. The molecule has 7 heteroatoms. The van der Waals surface area contributed by atoms with Crippen molar-refractivity contribution in [2.45, 2.75) is 18.9 Å². The second-order valence-electron chi connectivity index (χ2n) is 5.61. The molecule has 0 radical (unpaired) electrons. The monoisotopic (exact) mass is 342 g/mol. The number of rotatable bonds is 4. The lowest BCUT2D eigenvalue weighted by atomic mass is 10.1. The third-order valence-electron chi connectivity index (χ3n) is 4.10. The van der Waals surface area contributed by atoms with E-state index in [0.717, 1.165) is 23.5 Å². The SMILES string of the molecule is COc1ccc(CNC(=O)N2CCC(c3nccs3)C2)cc1C#N. The molecule has 1 N–H and O–H groups in total. The van der Waals surface area contributed by atoms with Gasteiger partial charge in [0.2, 0.25) is 0 Å². The lowest BCUT2D eigenvalue weighted by Gasteiger charge is -2.17. The Morgan fingerprint density at radius 2 is 2.46 bits per heavy atom. The predicted molar refractivity (Wildman–Crippen MR) is 91.0 cm³/mol. The van der Waals surface area contributed by atoms with E-state index in [-0.39, 0.29) is 6.03 Å². The van der Waals surface area contributed by atoms with Gasteiger partial charge in [0.1, 0.15) is 11.8 Å². The normalized spacial score (nSPS) is 16.7. The summed E-state index contributed by atoms with van der Waals surface area (Å²) in [4.78, 5) is 18.5. The Morgan fingerprint density at radius 3 is 3.17 bits per heavy atom. The van der Waals surface area contributed by atoms with E-state index >= 15 is 0 Å². The van der Waals surface area contributed by atoms with Gasteiger partial charge in [-0.15, -0.1) is 11.3 Å². The molecule has 3 rings (SSSR count). The number of carbonyl (C=O) groups excluding carboxylic acids is 1. The molecule has 0 spiro atoms. The molecular weight excluding hydrogens is 324 g/mol. The second kappa shape index (κ2) is 7.32. The molecule has 1 aromatic carbocycles. The Bertz CT molecular complexity index is 754. The third kappa shape index (κ3) is 3.49. The largest absolute Gasteiger partial charge is 0.495 e. The first-order valence-corrected chi connectivity index (χ1v) is 8.58.